The summed E-state index contributed by atoms with van der Waals surface area (Å²) in [6.07, 6.45) is 0. The lowest BCUT2D eigenvalue weighted by Gasteiger charge is -2.32. The molecule has 0 amide bonds. The van der Waals surface area contributed by atoms with Crippen molar-refractivity contribution in [2.75, 3.05) is 0 Å². The van der Waals surface area contributed by atoms with E-state index in [9.17, 15) is 0 Å². The van der Waals surface area contributed by atoms with Crippen molar-refractivity contribution >= 4 is 34.4 Å². The molecular formula is C20H24BNO2. The van der Waals surface area contributed by atoms with E-state index in [4.69, 9.17) is 9.31 Å². The number of nitrogens with zero attached hydrogens (tertiary/aromatic N) is 1. The van der Waals surface area contributed by atoms with Crippen LogP contribution in [0.5, 0.6) is 0 Å². The van der Waals surface area contributed by atoms with Gasteiger partial charge in [-0.3, -0.25) is 0 Å². The van der Waals surface area contributed by atoms with Crippen LogP contribution >= 0.6 is 0 Å². The lowest BCUT2D eigenvalue weighted by Crippen LogP contribution is -2.41. The van der Waals surface area contributed by atoms with Crippen molar-refractivity contribution in [3.05, 3.63) is 42.5 Å². The molecule has 0 radical (unpaired) electrons. The van der Waals surface area contributed by atoms with Crippen molar-refractivity contribution in [3.8, 4) is 0 Å². The van der Waals surface area contributed by atoms with Crippen LogP contribution < -0.4 is 5.46 Å². The van der Waals surface area contributed by atoms with Crippen LogP contribution in [0.4, 0.5) is 0 Å². The highest BCUT2D eigenvalue weighted by atomic mass is 16.7. The van der Waals surface area contributed by atoms with Gasteiger partial charge in [0.25, 0.3) is 0 Å². The van der Waals surface area contributed by atoms with E-state index in [0.29, 0.717) is 0 Å². The number of hydrogen-bond donors (Lipinski definition) is 0. The molecule has 1 fully saturated rings. The molecule has 0 atom stereocenters. The standard InChI is InChI=1S/C20H24BNO2/c1-6-22-16-12-8-7-10-14(16)18-15(11-9-13-17(18)22)21-23-19(2,3)20(4,5)24-21/h7-13H,6H2,1-5H3. The average molecular weight is 321 g/mol. The van der Waals surface area contributed by atoms with E-state index in [1.807, 2.05) is 0 Å². The molecule has 3 nitrogen and oxygen atoms in total. The summed E-state index contributed by atoms with van der Waals surface area (Å²) in [6, 6.07) is 15.0. The third kappa shape index (κ3) is 2.06. The van der Waals surface area contributed by atoms with Crippen LogP contribution in [-0.4, -0.2) is 22.9 Å². The fourth-order valence-corrected chi connectivity index (χ4v) is 3.63. The van der Waals surface area contributed by atoms with E-state index >= 15 is 0 Å². The second-order valence-electron chi connectivity index (χ2n) is 7.59. The molecule has 3 aromatic rings. The summed E-state index contributed by atoms with van der Waals surface area (Å²) >= 11 is 0. The Balaban J connectivity index is 1.98. The van der Waals surface area contributed by atoms with Gasteiger partial charge in [0.15, 0.2) is 0 Å². The molecule has 2 aromatic carbocycles. The minimum atomic E-state index is -0.338. The first-order valence-electron chi connectivity index (χ1n) is 8.71. The molecule has 24 heavy (non-hydrogen) atoms. The number of rotatable bonds is 2. The van der Waals surface area contributed by atoms with Crippen LogP contribution in [0.1, 0.15) is 34.6 Å². The third-order valence-corrected chi connectivity index (χ3v) is 5.65. The fourth-order valence-electron chi connectivity index (χ4n) is 3.63. The maximum atomic E-state index is 6.32. The maximum Gasteiger partial charge on any atom is 0.495 e. The van der Waals surface area contributed by atoms with Crippen LogP contribution in [0.3, 0.4) is 0 Å². The number of para-hydroxylation sites is 1. The SMILES string of the molecule is CCn1c2ccccc2c2c(B3OC(C)(C)C(C)(C)O3)cccc21. The molecule has 1 aliphatic heterocycles. The summed E-state index contributed by atoms with van der Waals surface area (Å²) in [5.74, 6) is 0. The summed E-state index contributed by atoms with van der Waals surface area (Å²) in [5, 5.41) is 2.51. The van der Waals surface area contributed by atoms with Crippen molar-refractivity contribution in [1.29, 1.82) is 0 Å². The van der Waals surface area contributed by atoms with Crippen molar-refractivity contribution in [2.24, 2.45) is 0 Å². The molecule has 124 valence electrons. The average Bonchev–Trinajstić information content (AvgIpc) is 2.98. The first kappa shape index (κ1) is 15.7. The fraction of sp³-hybridized carbons (Fsp3) is 0.400. The zero-order valence-corrected chi connectivity index (χ0v) is 15.1. The maximum absolute atomic E-state index is 6.32. The lowest BCUT2D eigenvalue weighted by molar-refractivity contribution is 0.00578. The van der Waals surface area contributed by atoms with Gasteiger partial charge in [-0.2, -0.15) is 0 Å². The summed E-state index contributed by atoms with van der Waals surface area (Å²) in [5.41, 5.74) is 2.96. The van der Waals surface area contributed by atoms with Crippen molar-refractivity contribution in [3.63, 3.8) is 0 Å². The van der Waals surface area contributed by atoms with E-state index in [0.717, 1.165) is 12.0 Å². The summed E-state index contributed by atoms with van der Waals surface area (Å²) in [4.78, 5) is 0. The number of aromatic nitrogens is 1. The van der Waals surface area contributed by atoms with Gasteiger partial charge < -0.3 is 13.9 Å². The van der Waals surface area contributed by atoms with Crippen molar-refractivity contribution in [1.82, 2.24) is 4.57 Å². The zero-order valence-electron chi connectivity index (χ0n) is 15.1. The first-order valence-corrected chi connectivity index (χ1v) is 8.71. The molecule has 0 aliphatic carbocycles. The summed E-state index contributed by atoms with van der Waals surface area (Å²) < 4.78 is 15.0. The topological polar surface area (TPSA) is 23.4 Å². The minimum Gasteiger partial charge on any atom is -0.399 e. The van der Waals surface area contributed by atoms with E-state index in [2.05, 4.69) is 81.7 Å². The van der Waals surface area contributed by atoms with Gasteiger partial charge in [-0.05, 0) is 52.2 Å². The van der Waals surface area contributed by atoms with Crippen LogP contribution in [0.2, 0.25) is 0 Å². The quantitative estimate of drug-likeness (QED) is 0.663. The number of aryl methyl sites for hydroxylation is 1. The Morgan fingerprint density at radius 3 is 2.17 bits per heavy atom. The monoisotopic (exact) mass is 321 g/mol. The van der Waals surface area contributed by atoms with Crippen LogP contribution in [0.15, 0.2) is 42.5 Å². The van der Waals surface area contributed by atoms with Gasteiger partial charge in [0.1, 0.15) is 0 Å². The van der Waals surface area contributed by atoms with Gasteiger partial charge >= 0.3 is 7.12 Å². The Labute approximate surface area is 143 Å². The Morgan fingerprint density at radius 1 is 0.875 bits per heavy atom. The number of hydrogen-bond acceptors (Lipinski definition) is 2. The normalized spacial score (nSPS) is 19.5. The molecule has 1 aliphatic rings. The van der Waals surface area contributed by atoms with Crippen molar-refractivity contribution < 1.29 is 9.31 Å². The van der Waals surface area contributed by atoms with E-state index in [-0.39, 0.29) is 18.3 Å². The van der Waals surface area contributed by atoms with E-state index in [1.165, 1.54) is 21.8 Å². The molecular weight excluding hydrogens is 297 g/mol. The highest BCUT2D eigenvalue weighted by Crippen LogP contribution is 2.38. The molecule has 2 heterocycles. The molecule has 1 aromatic heterocycles. The van der Waals surface area contributed by atoms with Gasteiger partial charge in [0, 0.05) is 28.4 Å². The van der Waals surface area contributed by atoms with E-state index < -0.39 is 0 Å². The highest BCUT2D eigenvalue weighted by molar-refractivity contribution is 6.66. The van der Waals surface area contributed by atoms with Crippen LogP contribution in [-0.2, 0) is 15.9 Å². The second kappa shape index (κ2) is 5.11. The molecule has 4 heteroatoms. The van der Waals surface area contributed by atoms with Gasteiger partial charge in [-0.1, -0.05) is 30.3 Å². The predicted molar refractivity (Wildman–Crippen MR) is 101 cm³/mol. The summed E-state index contributed by atoms with van der Waals surface area (Å²) in [6.45, 7) is 11.5. The molecule has 0 unspecified atom stereocenters. The molecule has 1 saturated heterocycles. The highest BCUT2D eigenvalue weighted by Gasteiger charge is 2.52. The molecule has 4 rings (SSSR count). The summed E-state index contributed by atoms with van der Waals surface area (Å²) in [7, 11) is -0.338. The largest absolute Gasteiger partial charge is 0.495 e. The van der Waals surface area contributed by atoms with Crippen LogP contribution in [0.25, 0.3) is 21.8 Å². The number of benzene rings is 2. The molecule has 0 saturated carbocycles. The minimum absolute atomic E-state index is 0.330. The van der Waals surface area contributed by atoms with Crippen molar-refractivity contribution in [2.45, 2.75) is 52.4 Å². The van der Waals surface area contributed by atoms with Gasteiger partial charge in [-0.15, -0.1) is 0 Å². The Hall–Kier alpha value is -1.78. The van der Waals surface area contributed by atoms with Gasteiger partial charge in [0.05, 0.1) is 11.2 Å². The first-order chi connectivity index (χ1) is 11.4. The van der Waals surface area contributed by atoms with Gasteiger partial charge in [0.2, 0.25) is 0 Å². The lowest BCUT2D eigenvalue weighted by atomic mass is 9.76. The molecule has 0 spiro atoms. The molecule has 0 N–H and O–H groups in total. The zero-order chi connectivity index (χ0) is 17.1. The predicted octanol–water partition coefficient (Wildman–Crippen LogP) is 4.11. The Kier molecular flexibility index (Phi) is 3.35. The number of fused-ring (bicyclic) bond motifs is 3. The van der Waals surface area contributed by atoms with Gasteiger partial charge in [-0.25, -0.2) is 0 Å². The molecule has 0 bridgehead atoms. The van der Waals surface area contributed by atoms with E-state index in [1.54, 1.807) is 0 Å². The Morgan fingerprint density at radius 2 is 1.50 bits per heavy atom. The third-order valence-electron chi connectivity index (χ3n) is 5.65. The second-order valence-corrected chi connectivity index (χ2v) is 7.59. The Bertz CT molecular complexity index is 910. The smallest absolute Gasteiger partial charge is 0.399 e. The van der Waals surface area contributed by atoms with Crippen LogP contribution in [0, 0.1) is 0 Å².